The van der Waals surface area contributed by atoms with Crippen molar-refractivity contribution >= 4 is 0 Å². The molecule has 0 aliphatic heterocycles. The number of ether oxygens (including phenoxy) is 1. The van der Waals surface area contributed by atoms with E-state index < -0.39 is 37.6 Å². The van der Waals surface area contributed by atoms with Gasteiger partial charge in [0, 0.05) is 13.2 Å². The summed E-state index contributed by atoms with van der Waals surface area (Å²) in [4.78, 5) is 0. The third-order valence-electron chi connectivity index (χ3n) is 6.80. The van der Waals surface area contributed by atoms with E-state index in [1.54, 1.807) is 0 Å². The molecular weight excluding hydrogens is 472 g/mol. The van der Waals surface area contributed by atoms with Gasteiger partial charge in [-0.15, -0.1) is 0 Å². The zero-order valence-electron chi connectivity index (χ0n) is 24.4. The lowest BCUT2D eigenvalue weighted by Gasteiger charge is -2.24. The van der Waals surface area contributed by atoms with Crippen molar-refractivity contribution in [2.75, 3.05) is 26.4 Å². The van der Waals surface area contributed by atoms with Crippen LogP contribution in [0.15, 0.2) is 0 Å². The lowest BCUT2D eigenvalue weighted by Crippen LogP contribution is -2.46. The summed E-state index contributed by atoms with van der Waals surface area (Å²) in [6, 6.07) is 0. The first-order valence-corrected chi connectivity index (χ1v) is 15.5. The molecule has 0 bridgehead atoms. The number of aliphatic hydroxyl groups excluding tert-OH is 6. The van der Waals surface area contributed by atoms with Gasteiger partial charge in [-0.1, -0.05) is 129 Å². The largest absolute Gasteiger partial charge is 0.394 e. The third-order valence-corrected chi connectivity index (χ3v) is 6.80. The van der Waals surface area contributed by atoms with Gasteiger partial charge in [-0.25, -0.2) is 0 Å². The molecular formula is C30H64O7. The molecule has 0 spiro atoms. The minimum Gasteiger partial charge on any atom is -0.394 e. The van der Waals surface area contributed by atoms with Gasteiger partial charge in [0.05, 0.1) is 13.2 Å². The first-order valence-electron chi connectivity index (χ1n) is 15.5. The van der Waals surface area contributed by atoms with Gasteiger partial charge >= 0.3 is 0 Å². The molecule has 0 aromatic heterocycles. The molecule has 0 radical (unpaired) electrons. The monoisotopic (exact) mass is 536 g/mol. The summed E-state index contributed by atoms with van der Waals surface area (Å²) in [5.41, 5.74) is 0. The second-order valence-corrected chi connectivity index (χ2v) is 10.5. The molecule has 7 nitrogen and oxygen atoms in total. The second kappa shape index (κ2) is 31.9. The highest BCUT2D eigenvalue weighted by Gasteiger charge is 2.29. The Morgan fingerprint density at radius 3 is 0.892 bits per heavy atom. The van der Waals surface area contributed by atoms with Gasteiger partial charge in [-0.3, -0.25) is 0 Å². The first kappa shape index (κ1) is 38.9. The molecule has 4 unspecified atom stereocenters. The summed E-state index contributed by atoms with van der Waals surface area (Å²) in [7, 11) is 0. The van der Waals surface area contributed by atoms with E-state index in [1.165, 1.54) is 128 Å². The molecule has 0 saturated carbocycles. The maximum atomic E-state index is 8.96. The van der Waals surface area contributed by atoms with E-state index in [-0.39, 0.29) is 0 Å². The van der Waals surface area contributed by atoms with Crippen LogP contribution < -0.4 is 0 Å². The molecule has 37 heavy (non-hydrogen) atoms. The minimum absolute atomic E-state index is 0.726. The van der Waals surface area contributed by atoms with Crippen molar-refractivity contribution in [2.45, 2.75) is 167 Å². The minimum atomic E-state index is -1.67. The van der Waals surface area contributed by atoms with E-state index >= 15 is 0 Å². The molecule has 0 aromatic carbocycles. The fourth-order valence-electron chi connectivity index (χ4n) is 4.16. The fourth-order valence-corrected chi connectivity index (χ4v) is 4.16. The van der Waals surface area contributed by atoms with E-state index in [4.69, 9.17) is 35.4 Å². The van der Waals surface area contributed by atoms with Crippen LogP contribution in [-0.4, -0.2) is 81.5 Å². The normalized spacial score (nSPS) is 14.6. The lowest BCUT2D eigenvalue weighted by molar-refractivity contribution is -0.123. The predicted octanol–water partition coefficient (Wildman–Crippen LogP) is 5.26. The summed E-state index contributed by atoms with van der Waals surface area (Å²) in [6.45, 7) is 5.12. The first-order chi connectivity index (χ1) is 18.0. The van der Waals surface area contributed by atoms with Gasteiger partial charge in [0.2, 0.25) is 0 Å². The number of unbranched alkanes of at least 4 members (excludes halogenated alkanes) is 18. The van der Waals surface area contributed by atoms with Crippen LogP contribution in [0.4, 0.5) is 0 Å². The topological polar surface area (TPSA) is 131 Å². The Morgan fingerprint density at radius 1 is 0.405 bits per heavy atom. The molecule has 0 heterocycles. The maximum Gasteiger partial charge on any atom is 0.111 e. The van der Waals surface area contributed by atoms with E-state index in [9.17, 15) is 0 Å². The Kier molecular flexibility index (Phi) is 33.5. The Labute approximate surface area is 228 Å². The number of rotatable bonds is 27. The Morgan fingerprint density at radius 2 is 0.649 bits per heavy atom. The van der Waals surface area contributed by atoms with Crippen LogP contribution in [0, 0.1) is 0 Å². The molecule has 6 N–H and O–H groups in total. The highest BCUT2D eigenvalue weighted by atomic mass is 16.5. The quantitative estimate of drug-likeness (QED) is 0.0790. The van der Waals surface area contributed by atoms with Crippen molar-refractivity contribution in [3.05, 3.63) is 0 Å². The zero-order chi connectivity index (χ0) is 28.0. The van der Waals surface area contributed by atoms with Crippen LogP contribution in [0.2, 0.25) is 0 Å². The highest BCUT2D eigenvalue weighted by molar-refractivity contribution is 4.79. The van der Waals surface area contributed by atoms with Crippen LogP contribution in [0.1, 0.15) is 142 Å². The van der Waals surface area contributed by atoms with E-state index in [2.05, 4.69) is 13.8 Å². The number of aliphatic hydroxyl groups is 6. The molecule has 4 atom stereocenters. The average molecular weight is 537 g/mol. The fraction of sp³-hybridized carbons (Fsp3) is 1.00. The van der Waals surface area contributed by atoms with Crippen molar-refractivity contribution in [3.63, 3.8) is 0 Å². The van der Waals surface area contributed by atoms with Crippen molar-refractivity contribution in [1.29, 1.82) is 0 Å². The highest BCUT2D eigenvalue weighted by Crippen LogP contribution is 2.12. The van der Waals surface area contributed by atoms with Crippen LogP contribution >= 0.6 is 0 Å². The van der Waals surface area contributed by atoms with Gasteiger partial charge in [-0.2, -0.15) is 0 Å². The summed E-state index contributed by atoms with van der Waals surface area (Å²) in [5.74, 6) is 0. The van der Waals surface area contributed by atoms with Gasteiger partial charge in [0.1, 0.15) is 24.4 Å². The van der Waals surface area contributed by atoms with Crippen molar-refractivity contribution in [3.8, 4) is 0 Å². The van der Waals surface area contributed by atoms with Crippen LogP contribution in [0.3, 0.4) is 0 Å². The summed E-state index contributed by atoms with van der Waals surface area (Å²) >= 11 is 0. The Balaban J connectivity index is 0. The van der Waals surface area contributed by atoms with Gasteiger partial charge < -0.3 is 35.4 Å². The van der Waals surface area contributed by atoms with Gasteiger partial charge in [0.25, 0.3) is 0 Å². The summed E-state index contributed by atoms with van der Waals surface area (Å²) in [5, 5.41) is 52.2. The van der Waals surface area contributed by atoms with Crippen molar-refractivity contribution in [1.82, 2.24) is 0 Å². The van der Waals surface area contributed by atoms with E-state index in [0.29, 0.717) is 0 Å². The summed E-state index contributed by atoms with van der Waals surface area (Å²) in [6.07, 6.45) is 21.8. The average Bonchev–Trinajstić information content (AvgIpc) is 2.92. The Bertz CT molecular complexity index is 375. The van der Waals surface area contributed by atoms with Crippen molar-refractivity contribution < 1.29 is 35.4 Å². The number of hydrogen-bond donors (Lipinski definition) is 6. The predicted molar refractivity (Wildman–Crippen MR) is 153 cm³/mol. The van der Waals surface area contributed by atoms with Crippen molar-refractivity contribution in [2.24, 2.45) is 0 Å². The zero-order valence-corrected chi connectivity index (χ0v) is 24.4. The molecule has 0 saturated heterocycles. The second-order valence-electron chi connectivity index (χ2n) is 10.5. The SMILES string of the molecule is CCCCCCCCCCCCOCCCCCCCCCCCC.OCC(O)C(O)C(O)C(O)CO. The lowest BCUT2D eigenvalue weighted by atomic mass is 10.0. The molecule has 7 heteroatoms. The van der Waals surface area contributed by atoms with Crippen LogP contribution in [0.25, 0.3) is 0 Å². The number of hydrogen-bond acceptors (Lipinski definition) is 7. The van der Waals surface area contributed by atoms with E-state index in [0.717, 1.165) is 13.2 Å². The van der Waals surface area contributed by atoms with E-state index in [1.807, 2.05) is 0 Å². The molecule has 0 aliphatic rings. The Hall–Kier alpha value is -0.280. The molecule has 0 fully saturated rings. The molecule has 0 aromatic rings. The smallest absolute Gasteiger partial charge is 0.111 e. The standard InChI is InChI=1S/C24H50O.C6H14O6/c1-3-5-7-9-11-13-15-17-19-21-23-25-24-22-20-18-16-14-12-10-8-6-4-2;7-1-3(9)5(11)6(12)4(10)2-8/h3-24H2,1-2H3;3-12H,1-2H2. The molecule has 0 amide bonds. The maximum absolute atomic E-state index is 8.96. The summed E-state index contributed by atoms with van der Waals surface area (Å²) < 4.78 is 5.78. The molecule has 0 aliphatic carbocycles. The van der Waals surface area contributed by atoms with Crippen LogP contribution in [-0.2, 0) is 4.74 Å². The molecule has 226 valence electrons. The third kappa shape index (κ3) is 28.5. The van der Waals surface area contributed by atoms with Gasteiger partial charge in [-0.05, 0) is 12.8 Å². The van der Waals surface area contributed by atoms with Crippen LogP contribution in [0.5, 0.6) is 0 Å². The van der Waals surface area contributed by atoms with Gasteiger partial charge in [0.15, 0.2) is 0 Å². The molecule has 0 rings (SSSR count).